The van der Waals surface area contributed by atoms with Crippen LogP contribution in [0.25, 0.3) is 0 Å². The lowest BCUT2D eigenvalue weighted by Crippen LogP contribution is -2.29. The Balaban J connectivity index is 1.76. The van der Waals surface area contributed by atoms with E-state index in [1.54, 1.807) is 18.2 Å². The van der Waals surface area contributed by atoms with Crippen molar-refractivity contribution in [2.75, 3.05) is 24.3 Å². The van der Waals surface area contributed by atoms with Crippen LogP contribution in [-0.2, 0) is 4.79 Å². The highest BCUT2D eigenvalue weighted by molar-refractivity contribution is 6.05. The Kier molecular flexibility index (Phi) is 6.26. The number of anilines is 2. The molecule has 28 heavy (non-hydrogen) atoms. The highest BCUT2D eigenvalue weighted by Crippen LogP contribution is 2.33. The molecular formula is C21H24FN3O3. The van der Waals surface area contributed by atoms with E-state index in [1.807, 2.05) is 0 Å². The lowest BCUT2D eigenvalue weighted by atomic mass is 9.95. The van der Waals surface area contributed by atoms with Crippen LogP contribution in [0, 0.1) is 17.7 Å². The molecule has 148 valence electrons. The first-order valence-electron chi connectivity index (χ1n) is 9.27. The van der Waals surface area contributed by atoms with Crippen molar-refractivity contribution in [3.05, 3.63) is 53.8 Å². The number of rotatable bonds is 6. The van der Waals surface area contributed by atoms with Crippen LogP contribution in [0.4, 0.5) is 15.8 Å². The standard InChI is InChI=1S/C21H24FN3O3/c1-28-19-9-8-16(24-21(27)17-7-3-5-14(17)12-23)11-18(19)25-20(26)13-4-2-6-15(22)10-13/h2,4,6,8-11,14,17H,3,5,7,12,23H2,1H3,(H,24,27)(H,25,26)/t14-,17-/m1/s1. The molecule has 0 spiro atoms. The summed E-state index contributed by atoms with van der Waals surface area (Å²) in [5.74, 6) is -0.501. The number of benzene rings is 2. The van der Waals surface area contributed by atoms with Gasteiger partial charge in [-0.15, -0.1) is 0 Å². The monoisotopic (exact) mass is 385 g/mol. The van der Waals surface area contributed by atoms with E-state index in [1.165, 1.54) is 25.3 Å². The topological polar surface area (TPSA) is 93.4 Å². The van der Waals surface area contributed by atoms with Gasteiger partial charge in [-0.25, -0.2) is 4.39 Å². The van der Waals surface area contributed by atoms with Gasteiger partial charge in [-0.05, 0) is 61.7 Å². The zero-order chi connectivity index (χ0) is 20.1. The molecule has 0 aliphatic heterocycles. The van der Waals surface area contributed by atoms with Gasteiger partial charge in [-0.3, -0.25) is 9.59 Å². The third-order valence-corrected chi connectivity index (χ3v) is 5.10. The van der Waals surface area contributed by atoms with Crippen LogP contribution in [0.3, 0.4) is 0 Å². The van der Waals surface area contributed by atoms with E-state index < -0.39 is 11.7 Å². The molecule has 0 unspecified atom stereocenters. The zero-order valence-corrected chi connectivity index (χ0v) is 15.7. The molecule has 2 aromatic rings. The minimum absolute atomic E-state index is 0.0690. The van der Waals surface area contributed by atoms with E-state index in [-0.39, 0.29) is 23.3 Å². The number of amides is 2. The summed E-state index contributed by atoms with van der Waals surface area (Å²) in [6.07, 6.45) is 2.79. The van der Waals surface area contributed by atoms with Crippen molar-refractivity contribution in [3.8, 4) is 5.75 Å². The predicted molar refractivity (Wildman–Crippen MR) is 106 cm³/mol. The maximum absolute atomic E-state index is 13.4. The number of carbonyl (C=O) groups excluding carboxylic acids is 2. The van der Waals surface area contributed by atoms with Crippen molar-refractivity contribution in [1.29, 1.82) is 0 Å². The summed E-state index contributed by atoms with van der Waals surface area (Å²) in [7, 11) is 1.48. The van der Waals surface area contributed by atoms with Gasteiger partial charge in [0.2, 0.25) is 5.91 Å². The van der Waals surface area contributed by atoms with Crippen LogP contribution in [0.2, 0.25) is 0 Å². The highest BCUT2D eigenvalue weighted by Gasteiger charge is 2.32. The van der Waals surface area contributed by atoms with E-state index in [9.17, 15) is 14.0 Å². The average Bonchev–Trinajstić information content (AvgIpc) is 3.17. The first-order valence-corrected chi connectivity index (χ1v) is 9.27. The Hall–Kier alpha value is -2.93. The number of hydrogen-bond donors (Lipinski definition) is 3. The third-order valence-electron chi connectivity index (χ3n) is 5.10. The van der Waals surface area contributed by atoms with E-state index in [2.05, 4.69) is 10.6 Å². The maximum Gasteiger partial charge on any atom is 0.255 e. The number of carbonyl (C=O) groups is 2. The second-order valence-electron chi connectivity index (χ2n) is 6.90. The smallest absolute Gasteiger partial charge is 0.255 e. The molecule has 1 saturated carbocycles. The second-order valence-corrected chi connectivity index (χ2v) is 6.90. The maximum atomic E-state index is 13.4. The Bertz CT molecular complexity index is 872. The summed E-state index contributed by atoms with van der Waals surface area (Å²) in [4.78, 5) is 25.0. The van der Waals surface area contributed by atoms with Gasteiger partial charge in [0, 0.05) is 17.2 Å². The van der Waals surface area contributed by atoms with Gasteiger partial charge < -0.3 is 21.1 Å². The van der Waals surface area contributed by atoms with Gasteiger partial charge in [0.25, 0.3) is 5.91 Å². The van der Waals surface area contributed by atoms with Crippen molar-refractivity contribution in [2.24, 2.45) is 17.6 Å². The number of methoxy groups -OCH3 is 1. The molecule has 1 aliphatic rings. The largest absolute Gasteiger partial charge is 0.495 e. The molecule has 0 aromatic heterocycles. The number of halogens is 1. The van der Waals surface area contributed by atoms with E-state index in [4.69, 9.17) is 10.5 Å². The molecular weight excluding hydrogens is 361 g/mol. The van der Waals surface area contributed by atoms with Gasteiger partial charge in [0.1, 0.15) is 11.6 Å². The van der Waals surface area contributed by atoms with Crippen molar-refractivity contribution in [2.45, 2.75) is 19.3 Å². The minimum Gasteiger partial charge on any atom is -0.495 e. The van der Waals surface area contributed by atoms with Crippen LogP contribution in [0.1, 0.15) is 29.6 Å². The lowest BCUT2D eigenvalue weighted by molar-refractivity contribution is -0.120. The Morgan fingerprint density at radius 3 is 2.71 bits per heavy atom. The van der Waals surface area contributed by atoms with Gasteiger partial charge in [-0.1, -0.05) is 12.5 Å². The summed E-state index contributed by atoms with van der Waals surface area (Å²) >= 11 is 0. The summed E-state index contributed by atoms with van der Waals surface area (Å²) in [5.41, 5.74) is 6.89. The van der Waals surface area contributed by atoms with Crippen molar-refractivity contribution in [1.82, 2.24) is 0 Å². The van der Waals surface area contributed by atoms with E-state index >= 15 is 0 Å². The fraction of sp³-hybridized carbons (Fsp3) is 0.333. The molecule has 2 aromatic carbocycles. The quantitative estimate of drug-likeness (QED) is 0.710. The zero-order valence-electron chi connectivity index (χ0n) is 15.7. The normalized spacial score (nSPS) is 18.5. The molecule has 3 rings (SSSR count). The predicted octanol–water partition coefficient (Wildman–Crippen LogP) is 3.40. The number of hydrogen-bond acceptors (Lipinski definition) is 4. The summed E-state index contributed by atoms with van der Waals surface area (Å²) < 4.78 is 18.6. The fourth-order valence-electron chi connectivity index (χ4n) is 3.61. The Morgan fingerprint density at radius 1 is 1.18 bits per heavy atom. The van der Waals surface area contributed by atoms with Crippen molar-refractivity contribution in [3.63, 3.8) is 0 Å². The van der Waals surface area contributed by atoms with Crippen LogP contribution in [0.5, 0.6) is 5.75 Å². The van der Waals surface area contributed by atoms with Gasteiger partial charge in [-0.2, -0.15) is 0 Å². The molecule has 2 amide bonds. The molecule has 0 radical (unpaired) electrons. The van der Waals surface area contributed by atoms with E-state index in [0.717, 1.165) is 25.3 Å². The van der Waals surface area contributed by atoms with Crippen LogP contribution in [0.15, 0.2) is 42.5 Å². The number of ether oxygens (including phenoxy) is 1. The summed E-state index contributed by atoms with van der Waals surface area (Å²) in [6, 6.07) is 10.4. The molecule has 1 fully saturated rings. The number of nitrogens with two attached hydrogens (primary N) is 1. The lowest BCUT2D eigenvalue weighted by Gasteiger charge is -2.18. The van der Waals surface area contributed by atoms with Crippen molar-refractivity contribution < 1.29 is 18.7 Å². The first kappa shape index (κ1) is 19.8. The average molecular weight is 385 g/mol. The fourth-order valence-corrected chi connectivity index (χ4v) is 3.61. The van der Waals surface area contributed by atoms with Crippen LogP contribution < -0.4 is 21.1 Å². The van der Waals surface area contributed by atoms with Gasteiger partial charge >= 0.3 is 0 Å². The van der Waals surface area contributed by atoms with Gasteiger partial charge in [0.05, 0.1) is 12.8 Å². The Morgan fingerprint density at radius 2 is 2.00 bits per heavy atom. The molecule has 0 bridgehead atoms. The molecule has 2 atom stereocenters. The SMILES string of the molecule is COc1ccc(NC(=O)[C@@H]2CCC[C@@H]2CN)cc1NC(=O)c1cccc(F)c1. The van der Waals surface area contributed by atoms with E-state index in [0.29, 0.717) is 23.7 Å². The molecule has 7 heteroatoms. The first-order chi connectivity index (χ1) is 13.5. The molecule has 1 aliphatic carbocycles. The molecule has 0 heterocycles. The molecule has 4 N–H and O–H groups in total. The minimum atomic E-state index is -0.494. The molecule has 6 nitrogen and oxygen atoms in total. The Labute approximate surface area is 163 Å². The summed E-state index contributed by atoms with van der Waals surface area (Å²) in [6.45, 7) is 0.496. The van der Waals surface area contributed by atoms with Gasteiger partial charge in [0.15, 0.2) is 0 Å². The summed E-state index contributed by atoms with van der Waals surface area (Å²) in [5, 5.41) is 5.61. The highest BCUT2D eigenvalue weighted by atomic mass is 19.1. The van der Waals surface area contributed by atoms with Crippen LogP contribution in [-0.4, -0.2) is 25.5 Å². The van der Waals surface area contributed by atoms with Crippen molar-refractivity contribution >= 4 is 23.2 Å². The van der Waals surface area contributed by atoms with Crippen LogP contribution >= 0.6 is 0 Å². The number of nitrogens with one attached hydrogen (secondary N) is 2. The third kappa shape index (κ3) is 4.48. The molecule has 0 saturated heterocycles. The second kappa shape index (κ2) is 8.84.